The molecule has 0 aliphatic carbocycles. The van der Waals surface area contributed by atoms with Crippen LogP contribution in [0.15, 0.2) is 24.3 Å². The lowest BCUT2D eigenvalue weighted by molar-refractivity contribution is 0.0601. The SMILES string of the molecule is COC(=O)c1ccc2nc(C)cc(N3CCOCC3)c2c1. The predicted octanol–water partition coefficient (Wildman–Crippen LogP) is 2.17. The van der Waals surface area contributed by atoms with E-state index < -0.39 is 0 Å². The highest BCUT2D eigenvalue weighted by Gasteiger charge is 2.16. The standard InChI is InChI=1S/C16H18N2O3/c1-11-9-15(18-5-7-21-8-6-18)13-10-12(16(19)20-2)3-4-14(13)17-11/h3-4,9-10H,5-8H2,1-2H3. The second-order valence-corrected chi connectivity index (χ2v) is 5.11. The quantitative estimate of drug-likeness (QED) is 0.792. The number of benzene rings is 1. The number of anilines is 1. The molecule has 1 aliphatic heterocycles. The predicted molar refractivity (Wildman–Crippen MR) is 80.9 cm³/mol. The van der Waals surface area contributed by atoms with Crippen LogP contribution in [0.2, 0.25) is 0 Å². The van der Waals surface area contributed by atoms with Gasteiger partial charge in [-0.2, -0.15) is 0 Å². The van der Waals surface area contributed by atoms with Crippen molar-refractivity contribution < 1.29 is 14.3 Å². The van der Waals surface area contributed by atoms with Crippen molar-refractivity contribution in [3.8, 4) is 0 Å². The maximum Gasteiger partial charge on any atom is 0.337 e. The summed E-state index contributed by atoms with van der Waals surface area (Å²) in [4.78, 5) is 18.6. The molecule has 21 heavy (non-hydrogen) atoms. The Morgan fingerprint density at radius 1 is 1.29 bits per heavy atom. The van der Waals surface area contributed by atoms with E-state index in [0.29, 0.717) is 5.56 Å². The number of nitrogens with zero attached hydrogens (tertiary/aromatic N) is 2. The number of hydrogen-bond acceptors (Lipinski definition) is 5. The maximum atomic E-state index is 11.7. The van der Waals surface area contributed by atoms with Gasteiger partial charge in [0.2, 0.25) is 0 Å². The normalized spacial score (nSPS) is 15.2. The third-order valence-corrected chi connectivity index (χ3v) is 3.69. The fraction of sp³-hybridized carbons (Fsp3) is 0.375. The molecule has 0 radical (unpaired) electrons. The highest BCUT2D eigenvalue weighted by atomic mass is 16.5. The summed E-state index contributed by atoms with van der Waals surface area (Å²) in [6, 6.07) is 7.55. The number of rotatable bonds is 2. The van der Waals surface area contributed by atoms with Gasteiger partial charge in [-0.25, -0.2) is 4.79 Å². The molecule has 0 atom stereocenters. The Labute approximate surface area is 123 Å². The molecule has 0 saturated carbocycles. The van der Waals surface area contributed by atoms with E-state index in [4.69, 9.17) is 9.47 Å². The summed E-state index contributed by atoms with van der Waals surface area (Å²) in [5, 5.41) is 0.977. The highest BCUT2D eigenvalue weighted by Crippen LogP contribution is 2.28. The Balaban J connectivity index is 2.13. The van der Waals surface area contributed by atoms with Gasteiger partial charge in [0.15, 0.2) is 0 Å². The van der Waals surface area contributed by atoms with Gasteiger partial charge in [-0.3, -0.25) is 4.98 Å². The fourth-order valence-electron chi connectivity index (χ4n) is 2.65. The van der Waals surface area contributed by atoms with Crippen molar-refractivity contribution in [2.24, 2.45) is 0 Å². The van der Waals surface area contributed by atoms with Crippen LogP contribution in [0, 0.1) is 6.92 Å². The molecule has 5 nitrogen and oxygen atoms in total. The summed E-state index contributed by atoms with van der Waals surface area (Å²) in [6.45, 7) is 5.12. The van der Waals surface area contributed by atoms with Crippen molar-refractivity contribution in [1.82, 2.24) is 4.98 Å². The molecule has 0 bridgehead atoms. The van der Waals surface area contributed by atoms with E-state index in [1.807, 2.05) is 19.1 Å². The molecule has 1 saturated heterocycles. The van der Waals surface area contributed by atoms with Crippen molar-refractivity contribution >= 4 is 22.6 Å². The van der Waals surface area contributed by atoms with Crippen LogP contribution >= 0.6 is 0 Å². The van der Waals surface area contributed by atoms with E-state index in [1.54, 1.807) is 6.07 Å². The van der Waals surface area contributed by atoms with E-state index in [9.17, 15) is 4.79 Å². The lowest BCUT2D eigenvalue weighted by atomic mass is 10.1. The lowest BCUT2D eigenvalue weighted by Crippen LogP contribution is -2.36. The van der Waals surface area contributed by atoms with Gasteiger partial charge in [0.1, 0.15) is 0 Å². The average molecular weight is 286 g/mol. The van der Waals surface area contributed by atoms with Gasteiger partial charge < -0.3 is 14.4 Å². The fourth-order valence-corrected chi connectivity index (χ4v) is 2.65. The molecule has 0 spiro atoms. The van der Waals surface area contributed by atoms with Crippen molar-refractivity contribution in [2.45, 2.75) is 6.92 Å². The number of fused-ring (bicyclic) bond motifs is 1. The molecule has 1 aromatic heterocycles. The van der Waals surface area contributed by atoms with Crippen LogP contribution in [0.3, 0.4) is 0 Å². The van der Waals surface area contributed by atoms with E-state index in [0.717, 1.165) is 48.6 Å². The smallest absolute Gasteiger partial charge is 0.337 e. The van der Waals surface area contributed by atoms with Crippen molar-refractivity contribution in [3.05, 3.63) is 35.5 Å². The minimum Gasteiger partial charge on any atom is -0.465 e. The van der Waals surface area contributed by atoms with Crippen molar-refractivity contribution in [2.75, 3.05) is 38.3 Å². The molecule has 1 fully saturated rings. The number of morpholine rings is 1. The van der Waals surface area contributed by atoms with Crippen LogP contribution in [-0.4, -0.2) is 44.4 Å². The summed E-state index contributed by atoms with van der Waals surface area (Å²) in [6.07, 6.45) is 0. The van der Waals surface area contributed by atoms with E-state index in [2.05, 4.69) is 16.0 Å². The molecule has 3 rings (SSSR count). The molecule has 0 N–H and O–H groups in total. The van der Waals surface area contributed by atoms with Crippen LogP contribution in [0.1, 0.15) is 16.1 Å². The number of aryl methyl sites for hydroxylation is 1. The molecule has 1 aromatic carbocycles. The zero-order valence-electron chi connectivity index (χ0n) is 12.3. The topological polar surface area (TPSA) is 51.7 Å². The van der Waals surface area contributed by atoms with Gasteiger partial charge in [0.05, 0.1) is 31.4 Å². The lowest BCUT2D eigenvalue weighted by Gasteiger charge is -2.30. The number of carbonyl (C=O) groups excluding carboxylic acids is 1. The zero-order valence-corrected chi connectivity index (χ0v) is 12.3. The molecule has 0 unspecified atom stereocenters. The van der Waals surface area contributed by atoms with Gasteiger partial charge in [-0.05, 0) is 31.2 Å². The Morgan fingerprint density at radius 2 is 2.05 bits per heavy atom. The van der Waals surface area contributed by atoms with Crippen LogP contribution in [-0.2, 0) is 9.47 Å². The first kappa shape index (κ1) is 13.8. The molecule has 2 heterocycles. The molecular formula is C16H18N2O3. The summed E-state index contributed by atoms with van der Waals surface area (Å²) in [5.74, 6) is -0.328. The number of carbonyl (C=O) groups is 1. The number of methoxy groups -OCH3 is 1. The molecule has 2 aromatic rings. The minimum absolute atomic E-state index is 0.328. The molecule has 1 aliphatic rings. The Bertz CT molecular complexity index is 679. The zero-order chi connectivity index (χ0) is 14.8. The third-order valence-electron chi connectivity index (χ3n) is 3.69. The average Bonchev–Trinajstić information content (AvgIpc) is 2.53. The molecule has 0 amide bonds. The van der Waals surface area contributed by atoms with Gasteiger partial charge >= 0.3 is 5.97 Å². The van der Waals surface area contributed by atoms with Gasteiger partial charge in [-0.15, -0.1) is 0 Å². The van der Waals surface area contributed by atoms with Crippen molar-refractivity contribution in [3.63, 3.8) is 0 Å². The summed E-state index contributed by atoms with van der Waals surface area (Å²) >= 11 is 0. The number of hydrogen-bond donors (Lipinski definition) is 0. The van der Waals surface area contributed by atoms with Gasteiger partial charge in [0, 0.05) is 29.9 Å². The number of esters is 1. The maximum absolute atomic E-state index is 11.7. The summed E-state index contributed by atoms with van der Waals surface area (Å²) in [5.41, 5.74) is 3.51. The molecular weight excluding hydrogens is 268 g/mol. The first-order valence-corrected chi connectivity index (χ1v) is 7.01. The van der Waals surface area contributed by atoms with Crippen LogP contribution in [0.25, 0.3) is 10.9 Å². The Hall–Kier alpha value is -2.14. The minimum atomic E-state index is -0.328. The van der Waals surface area contributed by atoms with Crippen molar-refractivity contribution in [1.29, 1.82) is 0 Å². The largest absolute Gasteiger partial charge is 0.465 e. The number of aromatic nitrogens is 1. The Morgan fingerprint density at radius 3 is 2.76 bits per heavy atom. The van der Waals surface area contributed by atoms with Crippen LogP contribution < -0.4 is 4.90 Å². The van der Waals surface area contributed by atoms with Crippen LogP contribution in [0.4, 0.5) is 5.69 Å². The van der Waals surface area contributed by atoms with Gasteiger partial charge in [0.25, 0.3) is 0 Å². The number of pyridine rings is 1. The van der Waals surface area contributed by atoms with E-state index >= 15 is 0 Å². The third kappa shape index (κ3) is 2.69. The van der Waals surface area contributed by atoms with Crippen LogP contribution in [0.5, 0.6) is 0 Å². The van der Waals surface area contributed by atoms with E-state index in [1.165, 1.54) is 7.11 Å². The summed E-state index contributed by atoms with van der Waals surface area (Å²) < 4.78 is 10.2. The first-order valence-electron chi connectivity index (χ1n) is 7.01. The first-order chi connectivity index (χ1) is 10.2. The van der Waals surface area contributed by atoms with E-state index in [-0.39, 0.29) is 5.97 Å². The molecule has 5 heteroatoms. The highest BCUT2D eigenvalue weighted by molar-refractivity contribution is 5.99. The Kier molecular flexibility index (Phi) is 3.75. The summed E-state index contributed by atoms with van der Waals surface area (Å²) in [7, 11) is 1.39. The monoisotopic (exact) mass is 286 g/mol. The van der Waals surface area contributed by atoms with Gasteiger partial charge in [-0.1, -0.05) is 0 Å². The second-order valence-electron chi connectivity index (χ2n) is 5.11. The molecule has 110 valence electrons. The number of ether oxygens (including phenoxy) is 2. The second kappa shape index (κ2) is 5.69.